The number of fused-ring (bicyclic) bond motifs is 1. The molecule has 1 aromatic rings. The minimum atomic E-state index is 0. The Morgan fingerprint density at radius 2 is 1.83 bits per heavy atom. The maximum atomic E-state index is 11.0. The molecule has 12 heavy (non-hydrogen) atoms. The molecule has 0 saturated heterocycles. The molecule has 0 unspecified atom stereocenters. The molecular formula is C9H10ClNO. The first-order chi connectivity index (χ1) is 5.25. The minimum Gasteiger partial charge on any atom is -0.399 e. The number of nitrogens with two attached hydrogens (primary N) is 1. The Morgan fingerprint density at radius 3 is 2.58 bits per heavy atom. The minimum absolute atomic E-state index is 0. The van der Waals surface area contributed by atoms with E-state index in [0.29, 0.717) is 18.6 Å². The zero-order valence-electron chi connectivity index (χ0n) is 6.54. The molecule has 64 valence electrons. The largest absolute Gasteiger partial charge is 0.399 e. The van der Waals surface area contributed by atoms with Crippen LogP contribution in [0.5, 0.6) is 0 Å². The van der Waals surface area contributed by atoms with Crippen molar-refractivity contribution < 1.29 is 4.79 Å². The third-order valence-corrected chi connectivity index (χ3v) is 2.01. The van der Waals surface area contributed by atoms with Crippen LogP contribution in [0.4, 0.5) is 5.69 Å². The topological polar surface area (TPSA) is 43.1 Å². The fraction of sp³-hybridized carbons (Fsp3) is 0.222. The number of Topliss-reactive ketones (excluding diaryl/α,β-unsaturated/α-hetero) is 1. The van der Waals surface area contributed by atoms with Crippen LogP contribution in [0.2, 0.25) is 0 Å². The SMILES string of the molecule is Cl.Nc1ccc2c(c1)CC(=O)C2. The lowest BCUT2D eigenvalue weighted by molar-refractivity contribution is -0.117. The summed E-state index contributed by atoms with van der Waals surface area (Å²) in [5.74, 6) is 0.297. The van der Waals surface area contributed by atoms with Gasteiger partial charge in [-0.25, -0.2) is 0 Å². The van der Waals surface area contributed by atoms with Gasteiger partial charge in [0, 0.05) is 18.5 Å². The van der Waals surface area contributed by atoms with Gasteiger partial charge in [0.15, 0.2) is 0 Å². The predicted molar refractivity (Wildman–Crippen MR) is 50.5 cm³/mol. The molecule has 0 saturated carbocycles. The van der Waals surface area contributed by atoms with Crippen LogP contribution >= 0.6 is 12.4 Å². The summed E-state index contributed by atoms with van der Waals surface area (Å²) in [6.07, 6.45) is 1.16. The molecule has 2 N–H and O–H groups in total. The average molecular weight is 184 g/mol. The van der Waals surface area contributed by atoms with Crippen molar-refractivity contribution in [2.24, 2.45) is 0 Å². The van der Waals surface area contributed by atoms with E-state index in [9.17, 15) is 4.79 Å². The van der Waals surface area contributed by atoms with Gasteiger partial charge < -0.3 is 5.73 Å². The van der Waals surface area contributed by atoms with Gasteiger partial charge in [-0.15, -0.1) is 12.4 Å². The van der Waals surface area contributed by atoms with Gasteiger partial charge in [0.1, 0.15) is 5.78 Å². The molecule has 0 bridgehead atoms. The van der Waals surface area contributed by atoms with Crippen LogP contribution in [0.3, 0.4) is 0 Å². The molecule has 3 heteroatoms. The highest BCUT2D eigenvalue weighted by atomic mass is 35.5. The first-order valence-corrected chi connectivity index (χ1v) is 3.65. The fourth-order valence-corrected chi connectivity index (χ4v) is 1.47. The Morgan fingerprint density at radius 1 is 1.17 bits per heavy atom. The Kier molecular flexibility index (Phi) is 2.38. The van der Waals surface area contributed by atoms with E-state index in [1.54, 1.807) is 0 Å². The van der Waals surface area contributed by atoms with E-state index in [2.05, 4.69) is 0 Å². The molecule has 1 aromatic carbocycles. The van der Waals surface area contributed by atoms with Crippen LogP contribution in [0.25, 0.3) is 0 Å². The molecule has 0 heterocycles. The van der Waals surface area contributed by atoms with Gasteiger partial charge in [-0.2, -0.15) is 0 Å². The lowest BCUT2D eigenvalue weighted by atomic mass is 10.1. The maximum Gasteiger partial charge on any atom is 0.141 e. The van der Waals surface area contributed by atoms with Gasteiger partial charge in [0.2, 0.25) is 0 Å². The van der Waals surface area contributed by atoms with Gasteiger partial charge in [0.05, 0.1) is 0 Å². The lowest BCUT2D eigenvalue weighted by Crippen LogP contribution is -1.92. The second-order valence-corrected chi connectivity index (χ2v) is 2.92. The number of rotatable bonds is 0. The summed E-state index contributed by atoms with van der Waals surface area (Å²) in [4.78, 5) is 11.0. The van der Waals surface area contributed by atoms with E-state index in [1.165, 1.54) is 0 Å². The van der Waals surface area contributed by atoms with E-state index in [0.717, 1.165) is 16.8 Å². The highest BCUT2D eigenvalue weighted by Gasteiger charge is 2.17. The number of carbonyl (C=O) groups is 1. The molecule has 2 rings (SSSR count). The van der Waals surface area contributed by atoms with Gasteiger partial charge in [-0.3, -0.25) is 4.79 Å². The summed E-state index contributed by atoms with van der Waals surface area (Å²) in [6, 6.07) is 5.67. The molecule has 1 aliphatic rings. The number of hydrogen-bond acceptors (Lipinski definition) is 2. The van der Waals surface area contributed by atoms with Crippen molar-refractivity contribution in [3.63, 3.8) is 0 Å². The third kappa shape index (κ3) is 1.43. The average Bonchev–Trinajstić information content (AvgIpc) is 2.27. The van der Waals surface area contributed by atoms with Crippen molar-refractivity contribution in [3.05, 3.63) is 29.3 Å². The van der Waals surface area contributed by atoms with E-state index in [1.807, 2.05) is 18.2 Å². The normalized spacial score (nSPS) is 13.8. The van der Waals surface area contributed by atoms with Crippen LogP contribution < -0.4 is 5.73 Å². The van der Waals surface area contributed by atoms with Crippen molar-refractivity contribution in [2.45, 2.75) is 12.8 Å². The third-order valence-electron chi connectivity index (χ3n) is 2.01. The summed E-state index contributed by atoms with van der Waals surface area (Å²) < 4.78 is 0. The van der Waals surface area contributed by atoms with Gasteiger partial charge in [-0.1, -0.05) is 6.07 Å². The first-order valence-electron chi connectivity index (χ1n) is 3.65. The predicted octanol–water partition coefficient (Wildman–Crippen LogP) is 1.36. The van der Waals surface area contributed by atoms with Crippen molar-refractivity contribution >= 4 is 23.9 Å². The highest BCUT2D eigenvalue weighted by molar-refractivity contribution is 5.88. The van der Waals surface area contributed by atoms with E-state index in [4.69, 9.17) is 5.73 Å². The quantitative estimate of drug-likeness (QED) is 0.618. The zero-order chi connectivity index (χ0) is 7.84. The van der Waals surface area contributed by atoms with Crippen LogP contribution in [-0.2, 0) is 17.6 Å². The van der Waals surface area contributed by atoms with Crippen LogP contribution in [0.15, 0.2) is 18.2 Å². The first kappa shape index (κ1) is 9.07. The van der Waals surface area contributed by atoms with Crippen molar-refractivity contribution in [3.8, 4) is 0 Å². The van der Waals surface area contributed by atoms with Gasteiger partial charge in [-0.05, 0) is 23.3 Å². The fourth-order valence-electron chi connectivity index (χ4n) is 1.47. The molecule has 0 amide bonds. The maximum absolute atomic E-state index is 11.0. The van der Waals surface area contributed by atoms with Crippen molar-refractivity contribution in [1.29, 1.82) is 0 Å². The second kappa shape index (κ2) is 3.15. The second-order valence-electron chi connectivity index (χ2n) is 2.92. The lowest BCUT2D eigenvalue weighted by Gasteiger charge is -1.97. The number of halogens is 1. The molecule has 2 nitrogen and oxygen atoms in total. The monoisotopic (exact) mass is 183 g/mol. The Hall–Kier alpha value is -1.02. The number of hydrogen-bond donors (Lipinski definition) is 1. The van der Waals surface area contributed by atoms with E-state index < -0.39 is 0 Å². The summed E-state index contributed by atoms with van der Waals surface area (Å²) in [7, 11) is 0. The highest BCUT2D eigenvalue weighted by Crippen LogP contribution is 2.21. The standard InChI is InChI=1S/C9H9NO.ClH/c10-8-2-1-6-4-9(11)5-7(6)3-8;/h1-3H,4-5,10H2;1H. The summed E-state index contributed by atoms with van der Waals surface area (Å²) >= 11 is 0. The Balaban J connectivity index is 0.000000720. The molecule has 0 aliphatic heterocycles. The Bertz CT molecular complexity index is 322. The zero-order valence-corrected chi connectivity index (χ0v) is 7.36. The summed E-state index contributed by atoms with van der Waals surface area (Å²) in [5, 5.41) is 0. The summed E-state index contributed by atoms with van der Waals surface area (Å²) in [5.41, 5.74) is 8.56. The van der Waals surface area contributed by atoms with Crippen molar-refractivity contribution in [2.75, 3.05) is 5.73 Å². The summed E-state index contributed by atoms with van der Waals surface area (Å²) in [6.45, 7) is 0. The van der Waals surface area contributed by atoms with Crippen LogP contribution in [0, 0.1) is 0 Å². The number of anilines is 1. The molecule has 0 aromatic heterocycles. The Labute approximate surface area is 77.2 Å². The molecular weight excluding hydrogens is 174 g/mol. The number of ketones is 1. The van der Waals surface area contributed by atoms with E-state index in [-0.39, 0.29) is 12.4 Å². The molecule has 0 spiro atoms. The van der Waals surface area contributed by atoms with E-state index >= 15 is 0 Å². The smallest absolute Gasteiger partial charge is 0.141 e. The molecule has 0 fully saturated rings. The number of nitrogen functional groups attached to an aromatic ring is 1. The van der Waals surface area contributed by atoms with Crippen LogP contribution in [-0.4, -0.2) is 5.78 Å². The number of carbonyl (C=O) groups excluding carboxylic acids is 1. The van der Waals surface area contributed by atoms with Gasteiger partial charge in [0.25, 0.3) is 0 Å². The molecule has 0 radical (unpaired) electrons. The van der Waals surface area contributed by atoms with Crippen molar-refractivity contribution in [1.82, 2.24) is 0 Å². The van der Waals surface area contributed by atoms with Crippen LogP contribution in [0.1, 0.15) is 11.1 Å². The number of benzene rings is 1. The molecule has 1 aliphatic carbocycles. The molecule has 0 atom stereocenters. The van der Waals surface area contributed by atoms with Gasteiger partial charge >= 0.3 is 0 Å².